The number of primary amides is 1. The minimum atomic E-state index is -0.326. The van der Waals surface area contributed by atoms with Crippen LogP contribution in [0.25, 0.3) is 11.0 Å². The molecule has 106 valence electrons. The third kappa shape index (κ3) is 2.54. The molecule has 3 rings (SSSR count). The van der Waals surface area contributed by atoms with Crippen molar-refractivity contribution in [2.75, 3.05) is 13.1 Å². The molecule has 5 nitrogen and oxygen atoms in total. The first kappa shape index (κ1) is 13.1. The maximum absolute atomic E-state index is 11.3. The number of fused-ring (bicyclic) bond motifs is 1. The molecule has 20 heavy (non-hydrogen) atoms. The Bertz CT molecular complexity index is 641. The fraction of sp³-hybridized carbons (Fsp3) is 0.467. The predicted molar refractivity (Wildman–Crippen MR) is 78.2 cm³/mol. The second kappa shape index (κ2) is 5.25. The Kier molecular flexibility index (Phi) is 3.44. The van der Waals surface area contributed by atoms with Crippen LogP contribution in [0.15, 0.2) is 18.2 Å². The molecule has 1 amide bonds. The Morgan fingerprint density at radius 1 is 1.35 bits per heavy atom. The Labute approximate surface area is 118 Å². The fourth-order valence-electron chi connectivity index (χ4n) is 2.88. The summed E-state index contributed by atoms with van der Waals surface area (Å²) >= 11 is 0. The number of nitrogens with two attached hydrogens (primary N) is 1. The Morgan fingerprint density at radius 3 is 2.80 bits per heavy atom. The number of hydrogen-bond donors (Lipinski definition) is 1. The number of likely N-dealkylation sites (tertiary alicyclic amines) is 1. The van der Waals surface area contributed by atoms with Gasteiger partial charge in [-0.25, -0.2) is 4.98 Å². The van der Waals surface area contributed by atoms with Gasteiger partial charge < -0.3 is 10.3 Å². The summed E-state index contributed by atoms with van der Waals surface area (Å²) in [5.41, 5.74) is 8.49. The van der Waals surface area contributed by atoms with E-state index in [-0.39, 0.29) is 12.5 Å². The summed E-state index contributed by atoms with van der Waals surface area (Å²) in [5.74, 6) is 0.610. The summed E-state index contributed by atoms with van der Waals surface area (Å²) in [5, 5.41) is 0. The van der Waals surface area contributed by atoms with Crippen LogP contribution in [-0.2, 0) is 17.9 Å². The van der Waals surface area contributed by atoms with Crippen molar-refractivity contribution in [2.24, 2.45) is 5.73 Å². The van der Waals surface area contributed by atoms with Crippen molar-refractivity contribution in [1.82, 2.24) is 14.5 Å². The normalized spacial score (nSPS) is 16.1. The summed E-state index contributed by atoms with van der Waals surface area (Å²) < 4.78 is 1.95. The second-order valence-electron chi connectivity index (χ2n) is 5.56. The number of carbonyl (C=O) groups is 1. The third-order valence-corrected chi connectivity index (χ3v) is 3.86. The van der Waals surface area contributed by atoms with Crippen LogP contribution in [-0.4, -0.2) is 33.4 Å². The van der Waals surface area contributed by atoms with E-state index >= 15 is 0 Å². The van der Waals surface area contributed by atoms with Crippen LogP contribution >= 0.6 is 0 Å². The first-order chi connectivity index (χ1) is 9.63. The van der Waals surface area contributed by atoms with Crippen LogP contribution in [0.5, 0.6) is 0 Å². The standard InChI is InChI=1S/C15H20N4O/c1-11-4-5-13-12(8-11)17-15(19(13)9-14(16)20)10-18-6-2-3-7-18/h4-5,8H,2-3,6-7,9-10H2,1H3,(H2,16,20). The number of carbonyl (C=O) groups excluding carboxylic acids is 1. The highest BCUT2D eigenvalue weighted by Gasteiger charge is 2.18. The van der Waals surface area contributed by atoms with E-state index in [1.807, 2.05) is 23.6 Å². The Morgan fingerprint density at radius 2 is 2.10 bits per heavy atom. The van der Waals surface area contributed by atoms with Crippen LogP contribution in [0, 0.1) is 6.92 Å². The van der Waals surface area contributed by atoms with Crippen molar-refractivity contribution < 1.29 is 4.79 Å². The number of amides is 1. The minimum Gasteiger partial charge on any atom is -0.368 e. The van der Waals surface area contributed by atoms with Gasteiger partial charge >= 0.3 is 0 Å². The zero-order valence-electron chi connectivity index (χ0n) is 11.8. The number of hydrogen-bond acceptors (Lipinski definition) is 3. The highest BCUT2D eigenvalue weighted by atomic mass is 16.1. The first-order valence-corrected chi connectivity index (χ1v) is 7.10. The largest absolute Gasteiger partial charge is 0.368 e. The predicted octanol–water partition coefficient (Wildman–Crippen LogP) is 1.43. The van der Waals surface area contributed by atoms with E-state index in [9.17, 15) is 4.79 Å². The van der Waals surface area contributed by atoms with Crippen LogP contribution < -0.4 is 5.73 Å². The van der Waals surface area contributed by atoms with E-state index in [1.54, 1.807) is 0 Å². The molecular formula is C15H20N4O. The van der Waals surface area contributed by atoms with E-state index in [0.29, 0.717) is 0 Å². The molecule has 0 atom stereocenters. The van der Waals surface area contributed by atoms with E-state index in [2.05, 4.69) is 11.0 Å². The maximum atomic E-state index is 11.3. The van der Waals surface area contributed by atoms with Gasteiger partial charge in [-0.3, -0.25) is 9.69 Å². The Balaban J connectivity index is 2.01. The number of imidazole rings is 1. The molecule has 2 heterocycles. The average molecular weight is 272 g/mol. The van der Waals surface area contributed by atoms with Gasteiger partial charge in [0, 0.05) is 0 Å². The second-order valence-corrected chi connectivity index (χ2v) is 5.56. The Hall–Kier alpha value is -1.88. The molecule has 5 heteroatoms. The third-order valence-electron chi connectivity index (χ3n) is 3.86. The topological polar surface area (TPSA) is 64.2 Å². The average Bonchev–Trinajstić information content (AvgIpc) is 2.98. The highest BCUT2D eigenvalue weighted by molar-refractivity contribution is 5.80. The molecule has 0 radical (unpaired) electrons. The molecule has 2 aromatic rings. The molecule has 0 bridgehead atoms. The highest BCUT2D eigenvalue weighted by Crippen LogP contribution is 2.20. The van der Waals surface area contributed by atoms with Crippen molar-refractivity contribution in [3.8, 4) is 0 Å². The quantitative estimate of drug-likeness (QED) is 0.915. The SMILES string of the molecule is Cc1ccc2c(c1)nc(CN1CCCC1)n2CC(N)=O. The number of rotatable bonds is 4. The van der Waals surface area contributed by atoms with Crippen LogP contribution in [0.2, 0.25) is 0 Å². The molecule has 0 unspecified atom stereocenters. The molecule has 1 aliphatic rings. The van der Waals surface area contributed by atoms with Crippen molar-refractivity contribution >= 4 is 16.9 Å². The summed E-state index contributed by atoms with van der Waals surface area (Å²) in [6.07, 6.45) is 2.49. The van der Waals surface area contributed by atoms with Gasteiger partial charge in [0.15, 0.2) is 0 Å². The summed E-state index contributed by atoms with van der Waals surface area (Å²) in [7, 11) is 0. The van der Waals surface area contributed by atoms with Crippen molar-refractivity contribution in [1.29, 1.82) is 0 Å². The minimum absolute atomic E-state index is 0.197. The lowest BCUT2D eigenvalue weighted by Gasteiger charge is -2.15. The van der Waals surface area contributed by atoms with Crippen LogP contribution in [0.1, 0.15) is 24.2 Å². The molecule has 0 spiro atoms. The van der Waals surface area contributed by atoms with Gasteiger partial charge in [0.25, 0.3) is 0 Å². The molecule has 2 N–H and O–H groups in total. The summed E-state index contributed by atoms with van der Waals surface area (Å²) in [4.78, 5) is 18.4. The van der Waals surface area contributed by atoms with E-state index in [0.717, 1.165) is 36.5 Å². The lowest BCUT2D eigenvalue weighted by Crippen LogP contribution is -2.24. The van der Waals surface area contributed by atoms with Crippen LogP contribution in [0.4, 0.5) is 0 Å². The smallest absolute Gasteiger partial charge is 0.237 e. The van der Waals surface area contributed by atoms with E-state index in [4.69, 9.17) is 10.7 Å². The number of aromatic nitrogens is 2. The van der Waals surface area contributed by atoms with Gasteiger partial charge in [-0.15, -0.1) is 0 Å². The monoisotopic (exact) mass is 272 g/mol. The van der Waals surface area contributed by atoms with E-state index in [1.165, 1.54) is 18.4 Å². The number of benzene rings is 1. The molecule has 1 aromatic heterocycles. The summed E-state index contributed by atoms with van der Waals surface area (Å²) in [6, 6.07) is 6.12. The van der Waals surface area contributed by atoms with Crippen molar-refractivity contribution in [3.05, 3.63) is 29.6 Å². The molecular weight excluding hydrogens is 252 g/mol. The molecule has 0 saturated carbocycles. The van der Waals surface area contributed by atoms with Gasteiger partial charge in [-0.05, 0) is 50.6 Å². The van der Waals surface area contributed by atoms with Crippen molar-refractivity contribution in [3.63, 3.8) is 0 Å². The van der Waals surface area contributed by atoms with Crippen LogP contribution in [0.3, 0.4) is 0 Å². The molecule has 1 aliphatic heterocycles. The van der Waals surface area contributed by atoms with Crippen molar-refractivity contribution in [2.45, 2.75) is 32.9 Å². The van der Waals surface area contributed by atoms with Gasteiger partial charge in [-0.1, -0.05) is 6.07 Å². The lowest BCUT2D eigenvalue weighted by molar-refractivity contribution is -0.118. The zero-order chi connectivity index (χ0) is 14.1. The molecule has 1 fully saturated rings. The maximum Gasteiger partial charge on any atom is 0.237 e. The lowest BCUT2D eigenvalue weighted by atomic mass is 10.2. The van der Waals surface area contributed by atoms with Gasteiger partial charge in [-0.2, -0.15) is 0 Å². The fourth-order valence-corrected chi connectivity index (χ4v) is 2.88. The van der Waals surface area contributed by atoms with Gasteiger partial charge in [0.1, 0.15) is 12.4 Å². The van der Waals surface area contributed by atoms with E-state index < -0.39 is 0 Å². The molecule has 1 saturated heterocycles. The number of aryl methyl sites for hydroxylation is 1. The van der Waals surface area contributed by atoms with Gasteiger partial charge in [0.05, 0.1) is 17.6 Å². The first-order valence-electron chi connectivity index (χ1n) is 7.10. The van der Waals surface area contributed by atoms with Gasteiger partial charge in [0.2, 0.25) is 5.91 Å². The number of nitrogens with zero attached hydrogens (tertiary/aromatic N) is 3. The molecule has 0 aliphatic carbocycles. The zero-order valence-corrected chi connectivity index (χ0v) is 11.8. The molecule has 1 aromatic carbocycles. The summed E-state index contributed by atoms with van der Waals surface area (Å²) in [6.45, 7) is 5.26.